The molecule has 0 aliphatic heterocycles. The number of rotatable bonds is 19. The van der Waals surface area contributed by atoms with Crippen LogP contribution in [-0.4, -0.2) is 23.8 Å². The van der Waals surface area contributed by atoms with Gasteiger partial charge in [0.05, 0.1) is 18.3 Å². The third kappa shape index (κ3) is 10.5. The van der Waals surface area contributed by atoms with Crippen LogP contribution in [0.4, 0.5) is 0 Å². The van der Waals surface area contributed by atoms with Crippen LogP contribution in [0.15, 0.2) is 66.7 Å². The molecule has 0 aliphatic carbocycles. The van der Waals surface area contributed by atoms with Crippen LogP contribution in [0.1, 0.15) is 107 Å². The van der Waals surface area contributed by atoms with Crippen LogP contribution in [0.5, 0.6) is 5.75 Å². The zero-order valence-electron chi connectivity index (χ0n) is 24.8. The summed E-state index contributed by atoms with van der Waals surface area (Å²) in [7, 11) is 0. The molecule has 216 valence electrons. The van der Waals surface area contributed by atoms with E-state index in [1.807, 2.05) is 18.2 Å². The van der Waals surface area contributed by atoms with Crippen molar-refractivity contribution in [2.75, 3.05) is 6.61 Å². The molecule has 0 saturated carbocycles. The standard InChI is InChI=1S/C36H48O4/c1-4-6-8-10-11-12-14-28(3)40-33-23-24-34(30-19-21-32(22-20-30)36(37)38)35(26-33)31-17-15-29(16-18-31)27-39-25-13-9-7-5-2/h15-24,26,28H,4-14,25,27H2,1-3H3,(H,37,38). The second kappa shape index (κ2) is 17.6. The Kier molecular flexibility index (Phi) is 13.8. The van der Waals surface area contributed by atoms with Gasteiger partial charge in [-0.2, -0.15) is 0 Å². The molecule has 0 fully saturated rings. The van der Waals surface area contributed by atoms with Gasteiger partial charge < -0.3 is 14.6 Å². The monoisotopic (exact) mass is 544 g/mol. The Bertz CT molecular complexity index is 1130. The molecule has 1 atom stereocenters. The Labute approximate surface area is 241 Å². The number of carbonyl (C=O) groups is 1. The highest BCUT2D eigenvalue weighted by Gasteiger charge is 2.13. The number of aromatic carboxylic acids is 1. The molecule has 40 heavy (non-hydrogen) atoms. The van der Waals surface area contributed by atoms with Crippen molar-refractivity contribution >= 4 is 5.97 Å². The molecule has 3 aromatic rings. The van der Waals surface area contributed by atoms with Gasteiger partial charge in [-0.25, -0.2) is 4.79 Å². The highest BCUT2D eigenvalue weighted by atomic mass is 16.5. The van der Waals surface area contributed by atoms with Gasteiger partial charge in [-0.15, -0.1) is 0 Å². The van der Waals surface area contributed by atoms with Gasteiger partial charge in [0.2, 0.25) is 0 Å². The molecule has 3 rings (SSSR count). The van der Waals surface area contributed by atoms with E-state index >= 15 is 0 Å². The molecule has 0 amide bonds. The maximum Gasteiger partial charge on any atom is 0.335 e. The summed E-state index contributed by atoms with van der Waals surface area (Å²) in [6.07, 6.45) is 13.7. The SMILES string of the molecule is CCCCCCCCC(C)Oc1ccc(-c2ccc(C(=O)O)cc2)c(-c2ccc(COCCCCCC)cc2)c1. The van der Waals surface area contributed by atoms with Crippen molar-refractivity contribution in [2.45, 2.75) is 104 Å². The van der Waals surface area contributed by atoms with E-state index in [4.69, 9.17) is 9.47 Å². The summed E-state index contributed by atoms with van der Waals surface area (Å²) in [4.78, 5) is 11.4. The maximum absolute atomic E-state index is 11.4. The number of unbranched alkanes of at least 4 members (excludes halogenated alkanes) is 8. The summed E-state index contributed by atoms with van der Waals surface area (Å²) < 4.78 is 12.3. The maximum atomic E-state index is 11.4. The molecule has 1 N–H and O–H groups in total. The Balaban J connectivity index is 1.74. The molecule has 3 aromatic carbocycles. The van der Waals surface area contributed by atoms with E-state index in [1.54, 1.807) is 12.1 Å². The fourth-order valence-electron chi connectivity index (χ4n) is 4.98. The minimum atomic E-state index is -0.918. The van der Waals surface area contributed by atoms with Crippen LogP contribution in [0, 0.1) is 0 Å². The van der Waals surface area contributed by atoms with E-state index in [0.717, 1.165) is 53.0 Å². The smallest absolute Gasteiger partial charge is 0.335 e. The van der Waals surface area contributed by atoms with Crippen LogP contribution in [-0.2, 0) is 11.3 Å². The van der Waals surface area contributed by atoms with Crippen molar-refractivity contribution in [1.29, 1.82) is 0 Å². The molecule has 0 aromatic heterocycles. The molecule has 4 nitrogen and oxygen atoms in total. The lowest BCUT2D eigenvalue weighted by Crippen LogP contribution is -2.11. The van der Waals surface area contributed by atoms with E-state index in [2.05, 4.69) is 57.2 Å². The van der Waals surface area contributed by atoms with Crippen LogP contribution < -0.4 is 4.74 Å². The Morgan fingerprint density at radius 3 is 2.00 bits per heavy atom. The Morgan fingerprint density at radius 1 is 0.725 bits per heavy atom. The minimum absolute atomic E-state index is 0.150. The van der Waals surface area contributed by atoms with Crippen molar-refractivity contribution in [3.8, 4) is 28.0 Å². The average molecular weight is 545 g/mol. The predicted molar refractivity (Wildman–Crippen MR) is 166 cm³/mol. The predicted octanol–water partition coefficient (Wildman–Crippen LogP) is 10.3. The van der Waals surface area contributed by atoms with Crippen molar-refractivity contribution < 1.29 is 19.4 Å². The van der Waals surface area contributed by atoms with Gasteiger partial charge in [-0.1, -0.05) is 108 Å². The first-order valence-corrected chi connectivity index (χ1v) is 15.3. The number of carboxylic acid groups (broad SMARTS) is 1. The van der Waals surface area contributed by atoms with Gasteiger partial charge in [0, 0.05) is 6.61 Å². The van der Waals surface area contributed by atoms with E-state index < -0.39 is 5.97 Å². The zero-order valence-corrected chi connectivity index (χ0v) is 24.8. The molecule has 1 unspecified atom stereocenters. The number of carboxylic acids is 1. The Hall–Kier alpha value is -3.11. The molecule has 0 radical (unpaired) electrons. The Morgan fingerprint density at radius 2 is 1.32 bits per heavy atom. The number of benzene rings is 3. The summed E-state index contributed by atoms with van der Waals surface area (Å²) in [5.41, 5.74) is 5.63. The lowest BCUT2D eigenvalue weighted by Gasteiger charge is -2.18. The second-order valence-electron chi connectivity index (χ2n) is 10.9. The quantitative estimate of drug-likeness (QED) is 0.153. The van der Waals surface area contributed by atoms with Gasteiger partial charge in [0.15, 0.2) is 0 Å². The van der Waals surface area contributed by atoms with E-state index in [0.29, 0.717) is 6.61 Å². The van der Waals surface area contributed by atoms with E-state index in [9.17, 15) is 9.90 Å². The zero-order chi connectivity index (χ0) is 28.6. The highest BCUT2D eigenvalue weighted by molar-refractivity contribution is 5.90. The van der Waals surface area contributed by atoms with Gasteiger partial charge in [0.25, 0.3) is 0 Å². The summed E-state index contributed by atoms with van der Waals surface area (Å²) in [5, 5.41) is 9.33. The largest absolute Gasteiger partial charge is 0.491 e. The molecular formula is C36H48O4. The summed E-state index contributed by atoms with van der Waals surface area (Å²) in [5.74, 6) is -0.0584. The van der Waals surface area contributed by atoms with Crippen LogP contribution in [0.2, 0.25) is 0 Å². The first kappa shape index (κ1) is 31.4. The van der Waals surface area contributed by atoms with E-state index in [-0.39, 0.29) is 11.7 Å². The van der Waals surface area contributed by atoms with E-state index in [1.165, 1.54) is 57.8 Å². The number of hydrogen-bond donors (Lipinski definition) is 1. The van der Waals surface area contributed by atoms with Crippen molar-refractivity contribution in [1.82, 2.24) is 0 Å². The van der Waals surface area contributed by atoms with Crippen LogP contribution in [0.3, 0.4) is 0 Å². The van der Waals surface area contributed by atoms with Gasteiger partial charge >= 0.3 is 5.97 Å². The molecule has 0 saturated heterocycles. The van der Waals surface area contributed by atoms with Gasteiger partial charge in [0.1, 0.15) is 5.75 Å². The fourth-order valence-corrected chi connectivity index (χ4v) is 4.98. The fraction of sp³-hybridized carbons (Fsp3) is 0.472. The lowest BCUT2D eigenvalue weighted by molar-refractivity contribution is 0.0697. The third-order valence-electron chi connectivity index (χ3n) is 7.41. The molecule has 0 heterocycles. The molecular weight excluding hydrogens is 496 g/mol. The second-order valence-corrected chi connectivity index (χ2v) is 10.9. The van der Waals surface area contributed by atoms with Crippen LogP contribution in [0.25, 0.3) is 22.3 Å². The molecule has 0 bridgehead atoms. The average Bonchev–Trinajstić information content (AvgIpc) is 2.97. The number of ether oxygens (including phenoxy) is 2. The molecule has 0 aliphatic rings. The minimum Gasteiger partial charge on any atom is -0.491 e. The first-order valence-electron chi connectivity index (χ1n) is 15.3. The lowest BCUT2D eigenvalue weighted by atomic mass is 9.93. The first-order chi connectivity index (χ1) is 19.5. The summed E-state index contributed by atoms with van der Waals surface area (Å²) in [6.45, 7) is 8.04. The van der Waals surface area contributed by atoms with Gasteiger partial charge in [-0.3, -0.25) is 0 Å². The van der Waals surface area contributed by atoms with Gasteiger partial charge in [-0.05, 0) is 78.3 Å². The van der Waals surface area contributed by atoms with Crippen molar-refractivity contribution in [2.24, 2.45) is 0 Å². The van der Waals surface area contributed by atoms with Crippen molar-refractivity contribution in [3.63, 3.8) is 0 Å². The van der Waals surface area contributed by atoms with Crippen molar-refractivity contribution in [3.05, 3.63) is 77.9 Å². The topological polar surface area (TPSA) is 55.8 Å². The summed E-state index contributed by atoms with van der Waals surface area (Å²) >= 11 is 0. The summed E-state index contributed by atoms with van der Waals surface area (Å²) in [6, 6.07) is 21.9. The molecule has 4 heteroatoms. The third-order valence-corrected chi connectivity index (χ3v) is 7.41. The van der Waals surface area contributed by atoms with Crippen LogP contribution >= 0.6 is 0 Å². The highest BCUT2D eigenvalue weighted by Crippen LogP contribution is 2.36. The normalized spacial score (nSPS) is 11.9. The molecule has 0 spiro atoms. The number of hydrogen-bond acceptors (Lipinski definition) is 3.